The Balaban J connectivity index is 1.35. The minimum Gasteiger partial charge on any atom is -0.455 e. The van der Waals surface area contributed by atoms with Crippen molar-refractivity contribution in [2.45, 2.75) is 32.1 Å². The molecule has 0 unspecified atom stereocenters. The molecule has 1 saturated carbocycles. The third-order valence-electron chi connectivity index (χ3n) is 5.75. The van der Waals surface area contributed by atoms with Crippen molar-refractivity contribution in [3.63, 3.8) is 0 Å². The van der Waals surface area contributed by atoms with Crippen LogP contribution in [0.25, 0.3) is 0 Å². The highest BCUT2D eigenvalue weighted by atomic mass is 16.5. The Morgan fingerprint density at radius 3 is 2.21 bits per heavy atom. The normalized spacial score (nSPS) is 17.6. The Hall–Kier alpha value is -2.82. The van der Waals surface area contributed by atoms with Gasteiger partial charge in [0.25, 0.3) is 0 Å². The van der Waals surface area contributed by atoms with Crippen molar-refractivity contribution < 1.29 is 14.3 Å². The minimum absolute atomic E-state index is 0.000134. The molecule has 0 aromatic heterocycles. The molecular weight excluding hydrogens is 352 g/mol. The number of likely N-dealkylation sites (tertiary alicyclic amines) is 1. The van der Waals surface area contributed by atoms with E-state index < -0.39 is 0 Å². The molecule has 146 valence electrons. The molecule has 1 N–H and O–H groups in total. The first-order valence-electron chi connectivity index (χ1n) is 10.1. The van der Waals surface area contributed by atoms with E-state index in [1.807, 2.05) is 59.5 Å². The maximum absolute atomic E-state index is 12.8. The van der Waals surface area contributed by atoms with E-state index in [4.69, 9.17) is 4.74 Å². The van der Waals surface area contributed by atoms with Crippen molar-refractivity contribution in [1.82, 2.24) is 4.90 Å². The summed E-state index contributed by atoms with van der Waals surface area (Å²) in [4.78, 5) is 27.1. The van der Waals surface area contributed by atoms with E-state index in [-0.39, 0.29) is 23.7 Å². The van der Waals surface area contributed by atoms with Crippen LogP contribution >= 0.6 is 0 Å². The van der Waals surface area contributed by atoms with E-state index in [0.717, 1.165) is 18.6 Å². The second-order valence-electron chi connectivity index (χ2n) is 7.63. The van der Waals surface area contributed by atoms with Gasteiger partial charge in [-0.3, -0.25) is 9.59 Å². The molecule has 2 fully saturated rings. The lowest BCUT2D eigenvalue weighted by molar-refractivity contribution is -0.140. The summed E-state index contributed by atoms with van der Waals surface area (Å²) in [6.45, 7) is 1.35. The summed E-state index contributed by atoms with van der Waals surface area (Å²) < 4.78 is 5.92. The molecule has 2 amide bonds. The van der Waals surface area contributed by atoms with Crippen LogP contribution in [-0.4, -0.2) is 29.8 Å². The zero-order valence-corrected chi connectivity index (χ0v) is 16.0. The molecule has 5 nitrogen and oxygen atoms in total. The highest BCUT2D eigenvalue weighted by molar-refractivity contribution is 5.94. The van der Waals surface area contributed by atoms with Crippen molar-refractivity contribution in [3.05, 3.63) is 54.6 Å². The lowest BCUT2D eigenvalue weighted by Crippen LogP contribution is -2.45. The first-order chi connectivity index (χ1) is 13.7. The topological polar surface area (TPSA) is 58.6 Å². The van der Waals surface area contributed by atoms with Gasteiger partial charge in [0.2, 0.25) is 11.8 Å². The Morgan fingerprint density at radius 2 is 1.54 bits per heavy atom. The first-order valence-corrected chi connectivity index (χ1v) is 10.1. The highest BCUT2D eigenvalue weighted by Gasteiger charge is 2.33. The average Bonchev–Trinajstić information content (AvgIpc) is 2.69. The summed E-state index contributed by atoms with van der Waals surface area (Å²) in [5.74, 6) is 1.79. The number of amides is 2. The summed E-state index contributed by atoms with van der Waals surface area (Å²) >= 11 is 0. The third kappa shape index (κ3) is 4.19. The third-order valence-corrected chi connectivity index (χ3v) is 5.75. The van der Waals surface area contributed by atoms with Gasteiger partial charge in [-0.2, -0.15) is 0 Å². The van der Waals surface area contributed by atoms with E-state index >= 15 is 0 Å². The maximum Gasteiger partial charge on any atom is 0.227 e. The number of hydrogen-bond donors (Lipinski definition) is 1. The summed E-state index contributed by atoms with van der Waals surface area (Å²) in [5, 5.41) is 3.02. The van der Waals surface area contributed by atoms with Crippen molar-refractivity contribution in [2.24, 2.45) is 11.8 Å². The Bertz CT molecular complexity index is 825. The smallest absolute Gasteiger partial charge is 0.227 e. The number of ether oxygens (including phenoxy) is 1. The molecule has 2 aliphatic rings. The standard InChI is InChI=1S/C23H26N2O3/c26-22(17-13-15-25(16-14-17)23(27)18-7-6-8-18)24-20-11-4-5-12-21(20)28-19-9-2-1-3-10-19/h1-5,9-12,17-18H,6-8,13-16H2,(H,24,26). The highest BCUT2D eigenvalue weighted by Crippen LogP contribution is 2.32. The van der Waals surface area contributed by atoms with Gasteiger partial charge in [-0.05, 0) is 49.9 Å². The van der Waals surface area contributed by atoms with Crippen molar-refractivity contribution in [3.8, 4) is 11.5 Å². The SMILES string of the molecule is O=C(Nc1ccccc1Oc1ccccc1)C1CCN(C(=O)C2CCC2)CC1. The number of rotatable bonds is 5. The Labute approximate surface area is 165 Å². The number of nitrogens with zero attached hydrogens (tertiary/aromatic N) is 1. The molecule has 1 saturated heterocycles. The van der Waals surface area contributed by atoms with Crippen LogP contribution in [0.1, 0.15) is 32.1 Å². The molecule has 1 aliphatic carbocycles. The summed E-state index contributed by atoms with van der Waals surface area (Å²) in [6.07, 6.45) is 4.65. The van der Waals surface area contributed by atoms with E-state index in [2.05, 4.69) is 5.32 Å². The van der Waals surface area contributed by atoms with E-state index in [1.54, 1.807) is 0 Å². The predicted octanol–water partition coefficient (Wildman–Crippen LogP) is 4.46. The Morgan fingerprint density at radius 1 is 0.857 bits per heavy atom. The zero-order chi connectivity index (χ0) is 19.3. The van der Waals surface area contributed by atoms with Gasteiger partial charge in [0.1, 0.15) is 5.75 Å². The quantitative estimate of drug-likeness (QED) is 0.836. The van der Waals surface area contributed by atoms with Gasteiger partial charge in [-0.25, -0.2) is 0 Å². The van der Waals surface area contributed by atoms with Crippen LogP contribution in [0.5, 0.6) is 11.5 Å². The predicted molar refractivity (Wildman–Crippen MR) is 108 cm³/mol. The van der Waals surface area contributed by atoms with Crippen LogP contribution in [0.2, 0.25) is 0 Å². The number of hydrogen-bond acceptors (Lipinski definition) is 3. The molecule has 1 aliphatic heterocycles. The number of carbonyl (C=O) groups excluding carboxylic acids is 2. The number of para-hydroxylation sites is 3. The number of anilines is 1. The molecule has 2 aromatic carbocycles. The fourth-order valence-corrected chi connectivity index (χ4v) is 3.78. The maximum atomic E-state index is 12.8. The van der Waals surface area contributed by atoms with Gasteiger partial charge in [0, 0.05) is 24.9 Å². The van der Waals surface area contributed by atoms with Gasteiger partial charge in [-0.1, -0.05) is 36.8 Å². The van der Waals surface area contributed by atoms with Crippen LogP contribution < -0.4 is 10.1 Å². The van der Waals surface area contributed by atoms with Crippen LogP contribution in [-0.2, 0) is 9.59 Å². The minimum atomic E-state index is -0.0739. The Kier molecular flexibility index (Phi) is 5.60. The number of nitrogens with one attached hydrogen (secondary N) is 1. The largest absolute Gasteiger partial charge is 0.455 e. The molecule has 0 atom stereocenters. The number of benzene rings is 2. The monoisotopic (exact) mass is 378 g/mol. The first kappa shape index (κ1) is 18.5. The average molecular weight is 378 g/mol. The molecule has 0 radical (unpaired) electrons. The molecule has 5 heteroatoms. The second-order valence-corrected chi connectivity index (χ2v) is 7.63. The fourth-order valence-electron chi connectivity index (χ4n) is 3.78. The van der Waals surface area contributed by atoms with Crippen LogP contribution in [0.3, 0.4) is 0 Å². The van der Waals surface area contributed by atoms with Crippen LogP contribution in [0, 0.1) is 11.8 Å². The summed E-state index contributed by atoms with van der Waals surface area (Å²) in [7, 11) is 0. The lowest BCUT2D eigenvalue weighted by Gasteiger charge is -2.36. The molecule has 0 bridgehead atoms. The fraction of sp³-hybridized carbons (Fsp3) is 0.391. The molecule has 0 spiro atoms. The van der Waals surface area contributed by atoms with Crippen molar-refractivity contribution in [1.29, 1.82) is 0 Å². The lowest BCUT2D eigenvalue weighted by atomic mass is 9.83. The van der Waals surface area contributed by atoms with Gasteiger partial charge >= 0.3 is 0 Å². The van der Waals surface area contributed by atoms with E-state index in [1.165, 1.54) is 6.42 Å². The van der Waals surface area contributed by atoms with E-state index in [9.17, 15) is 9.59 Å². The van der Waals surface area contributed by atoms with Crippen LogP contribution in [0.15, 0.2) is 54.6 Å². The van der Waals surface area contributed by atoms with Crippen molar-refractivity contribution >= 4 is 17.5 Å². The molecule has 1 heterocycles. The van der Waals surface area contributed by atoms with E-state index in [0.29, 0.717) is 37.4 Å². The number of piperidine rings is 1. The summed E-state index contributed by atoms with van der Waals surface area (Å²) in [5.41, 5.74) is 0.671. The molecule has 2 aromatic rings. The zero-order valence-electron chi connectivity index (χ0n) is 16.0. The van der Waals surface area contributed by atoms with Gasteiger partial charge in [-0.15, -0.1) is 0 Å². The molecule has 4 rings (SSSR count). The molecular formula is C23H26N2O3. The van der Waals surface area contributed by atoms with Gasteiger partial charge < -0.3 is 15.0 Å². The molecule has 28 heavy (non-hydrogen) atoms. The van der Waals surface area contributed by atoms with Crippen molar-refractivity contribution in [2.75, 3.05) is 18.4 Å². The van der Waals surface area contributed by atoms with Gasteiger partial charge in [0.05, 0.1) is 5.69 Å². The second kappa shape index (κ2) is 8.46. The van der Waals surface area contributed by atoms with Crippen LogP contribution in [0.4, 0.5) is 5.69 Å². The van der Waals surface area contributed by atoms with Gasteiger partial charge in [0.15, 0.2) is 5.75 Å². The summed E-state index contributed by atoms with van der Waals surface area (Å²) in [6, 6.07) is 17.0. The number of carbonyl (C=O) groups is 2.